The van der Waals surface area contributed by atoms with E-state index in [0.29, 0.717) is 6.04 Å². The van der Waals surface area contributed by atoms with Gasteiger partial charge < -0.3 is 9.88 Å². The molecule has 1 unspecified atom stereocenters. The first-order chi connectivity index (χ1) is 9.35. The molecule has 0 saturated heterocycles. The summed E-state index contributed by atoms with van der Waals surface area (Å²) in [5.74, 6) is 1.20. The van der Waals surface area contributed by atoms with E-state index in [9.17, 15) is 0 Å². The molecule has 1 aliphatic rings. The predicted molar refractivity (Wildman–Crippen MR) is 80.1 cm³/mol. The highest BCUT2D eigenvalue weighted by Gasteiger charge is 2.18. The lowest BCUT2D eigenvalue weighted by Gasteiger charge is -2.22. The van der Waals surface area contributed by atoms with E-state index in [2.05, 4.69) is 41.0 Å². The number of aromatic nitrogens is 2. The van der Waals surface area contributed by atoms with E-state index < -0.39 is 0 Å². The number of nitrogens with zero attached hydrogens (tertiary/aromatic N) is 2. The van der Waals surface area contributed by atoms with E-state index in [1.54, 1.807) is 5.57 Å². The largest absolute Gasteiger partial charge is 0.334 e. The van der Waals surface area contributed by atoms with E-state index in [4.69, 9.17) is 0 Å². The zero-order valence-corrected chi connectivity index (χ0v) is 12.4. The van der Waals surface area contributed by atoms with Crippen molar-refractivity contribution in [2.24, 2.45) is 0 Å². The third-order valence-electron chi connectivity index (χ3n) is 3.89. The number of hydrogen-bond donors (Lipinski definition) is 1. The normalized spacial score (nSPS) is 17.3. The van der Waals surface area contributed by atoms with Gasteiger partial charge in [-0.1, -0.05) is 18.6 Å². The smallest absolute Gasteiger partial charge is 0.126 e. The first-order valence-corrected chi connectivity index (χ1v) is 7.77. The SMILES string of the molecule is CCCNC(CC1=CCCCC1)c1nccn1CC. The van der Waals surface area contributed by atoms with Crippen molar-refractivity contribution in [3.05, 3.63) is 29.9 Å². The Morgan fingerprint density at radius 1 is 1.37 bits per heavy atom. The Kier molecular flexibility index (Phi) is 5.64. The van der Waals surface area contributed by atoms with Gasteiger partial charge in [0.25, 0.3) is 0 Å². The predicted octanol–water partition coefficient (Wildman–Crippen LogP) is 3.83. The lowest BCUT2D eigenvalue weighted by atomic mass is 9.94. The highest BCUT2D eigenvalue weighted by atomic mass is 15.1. The molecule has 0 saturated carbocycles. The molecule has 1 aromatic rings. The standard InChI is InChI=1S/C16H27N3/c1-3-10-17-15(13-14-8-6-5-7-9-14)16-18-11-12-19(16)4-2/h8,11-12,15,17H,3-7,9-10,13H2,1-2H3. The van der Waals surface area contributed by atoms with Gasteiger partial charge in [0.2, 0.25) is 0 Å². The molecule has 0 aliphatic heterocycles. The van der Waals surface area contributed by atoms with Crippen LogP contribution in [-0.2, 0) is 6.54 Å². The molecule has 1 atom stereocenters. The molecule has 0 fully saturated rings. The van der Waals surface area contributed by atoms with Crippen LogP contribution in [-0.4, -0.2) is 16.1 Å². The van der Waals surface area contributed by atoms with Gasteiger partial charge in [-0.05, 0) is 52.0 Å². The minimum absolute atomic E-state index is 0.374. The quantitative estimate of drug-likeness (QED) is 0.756. The average Bonchev–Trinajstić information content (AvgIpc) is 2.93. The number of rotatable bonds is 7. The molecule has 19 heavy (non-hydrogen) atoms. The Balaban J connectivity index is 2.08. The second-order valence-electron chi connectivity index (χ2n) is 5.39. The Bertz CT molecular complexity index is 406. The Hall–Kier alpha value is -1.09. The summed E-state index contributed by atoms with van der Waals surface area (Å²) in [6.07, 6.45) is 14.0. The summed E-state index contributed by atoms with van der Waals surface area (Å²) in [6.45, 7) is 6.46. The minimum Gasteiger partial charge on any atom is -0.334 e. The first kappa shape index (κ1) is 14.3. The molecule has 0 spiro atoms. The highest BCUT2D eigenvalue weighted by Crippen LogP contribution is 2.27. The van der Waals surface area contributed by atoms with Crippen molar-refractivity contribution in [1.29, 1.82) is 0 Å². The maximum atomic E-state index is 4.58. The molecule has 1 heterocycles. The molecule has 1 aliphatic carbocycles. The highest BCUT2D eigenvalue weighted by molar-refractivity contribution is 5.11. The van der Waals surface area contributed by atoms with Crippen molar-refractivity contribution in [2.45, 2.75) is 65.0 Å². The summed E-state index contributed by atoms with van der Waals surface area (Å²) in [5, 5.41) is 3.67. The molecule has 0 amide bonds. The van der Waals surface area contributed by atoms with Gasteiger partial charge in [0.05, 0.1) is 6.04 Å². The van der Waals surface area contributed by atoms with E-state index in [0.717, 1.165) is 19.5 Å². The summed E-state index contributed by atoms with van der Waals surface area (Å²) < 4.78 is 2.26. The first-order valence-electron chi connectivity index (χ1n) is 7.77. The van der Waals surface area contributed by atoms with E-state index in [1.165, 1.54) is 37.9 Å². The molecule has 1 N–H and O–H groups in total. The maximum Gasteiger partial charge on any atom is 0.126 e. The molecular weight excluding hydrogens is 234 g/mol. The Morgan fingerprint density at radius 2 is 2.26 bits per heavy atom. The average molecular weight is 261 g/mol. The van der Waals surface area contributed by atoms with Crippen molar-refractivity contribution in [3.63, 3.8) is 0 Å². The van der Waals surface area contributed by atoms with Gasteiger partial charge in [0, 0.05) is 18.9 Å². The van der Waals surface area contributed by atoms with E-state index in [1.807, 2.05) is 6.20 Å². The van der Waals surface area contributed by atoms with Crippen LogP contribution in [0.2, 0.25) is 0 Å². The minimum atomic E-state index is 0.374. The number of imidazole rings is 1. The molecular formula is C16H27N3. The number of hydrogen-bond acceptors (Lipinski definition) is 2. The summed E-state index contributed by atoms with van der Waals surface area (Å²) in [4.78, 5) is 4.58. The lowest BCUT2D eigenvalue weighted by molar-refractivity contribution is 0.470. The van der Waals surface area contributed by atoms with Crippen LogP contribution < -0.4 is 5.32 Å². The van der Waals surface area contributed by atoms with Gasteiger partial charge in [0.15, 0.2) is 0 Å². The molecule has 3 nitrogen and oxygen atoms in total. The van der Waals surface area contributed by atoms with Gasteiger partial charge in [-0.15, -0.1) is 0 Å². The fraction of sp³-hybridized carbons (Fsp3) is 0.688. The van der Waals surface area contributed by atoms with Gasteiger partial charge in [-0.25, -0.2) is 4.98 Å². The van der Waals surface area contributed by atoms with Crippen molar-refractivity contribution in [1.82, 2.24) is 14.9 Å². The van der Waals surface area contributed by atoms with Crippen LogP contribution in [0.1, 0.15) is 64.2 Å². The van der Waals surface area contributed by atoms with Crippen LogP contribution in [0, 0.1) is 0 Å². The van der Waals surface area contributed by atoms with Crippen molar-refractivity contribution in [2.75, 3.05) is 6.54 Å². The zero-order chi connectivity index (χ0) is 13.5. The summed E-state index contributed by atoms with van der Waals surface area (Å²) in [6, 6.07) is 0.374. The molecule has 0 radical (unpaired) electrons. The lowest BCUT2D eigenvalue weighted by Crippen LogP contribution is -2.26. The third kappa shape index (κ3) is 3.93. The number of allylic oxidation sites excluding steroid dienone is 1. The summed E-state index contributed by atoms with van der Waals surface area (Å²) >= 11 is 0. The van der Waals surface area contributed by atoms with Gasteiger partial charge in [0.1, 0.15) is 5.82 Å². The molecule has 1 aromatic heterocycles. The number of nitrogens with one attached hydrogen (secondary N) is 1. The molecule has 0 aromatic carbocycles. The summed E-state index contributed by atoms with van der Waals surface area (Å²) in [7, 11) is 0. The van der Waals surface area contributed by atoms with E-state index in [-0.39, 0.29) is 0 Å². The maximum absolute atomic E-state index is 4.58. The van der Waals surface area contributed by atoms with Gasteiger partial charge in [-0.3, -0.25) is 0 Å². The molecule has 0 bridgehead atoms. The van der Waals surface area contributed by atoms with Crippen LogP contribution in [0.15, 0.2) is 24.0 Å². The summed E-state index contributed by atoms with van der Waals surface area (Å²) in [5.41, 5.74) is 1.62. The van der Waals surface area contributed by atoms with Gasteiger partial charge in [-0.2, -0.15) is 0 Å². The van der Waals surface area contributed by atoms with Crippen LogP contribution >= 0.6 is 0 Å². The third-order valence-corrected chi connectivity index (χ3v) is 3.89. The molecule has 106 valence electrons. The van der Waals surface area contributed by atoms with Crippen LogP contribution in [0.3, 0.4) is 0 Å². The van der Waals surface area contributed by atoms with Crippen LogP contribution in [0.25, 0.3) is 0 Å². The topological polar surface area (TPSA) is 29.9 Å². The van der Waals surface area contributed by atoms with E-state index >= 15 is 0 Å². The Morgan fingerprint density at radius 3 is 2.95 bits per heavy atom. The molecule has 3 heteroatoms. The fourth-order valence-corrected chi connectivity index (χ4v) is 2.82. The molecule has 2 rings (SSSR count). The van der Waals surface area contributed by atoms with Crippen LogP contribution in [0.4, 0.5) is 0 Å². The Labute approximate surface area is 117 Å². The van der Waals surface area contributed by atoms with Crippen molar-refractivity contribution in [3.8, 4) is 0 Å². The second-order valence-corrected chi connectivity index (χ2v) is 5.39. The van der Waals surface area contributed by atoms with Crippen LogP contribution in [0.5, 0.6) is 0 Å². The zero-order valence-electron chi connectivity index (χ0n) is 12.4. The number of aryl methyl sites for hydroxylation is 1. The fourth-order valence-electron chi connectivity index (χ4n) is 2.82. The monoisotopic (exact) mass is 261 g/mol. The van der Waals surface area contributed by atoms with Crippen molar-refractivity contribution < 1.29 is 0 Å². The van der Waals surface area contributed by atoms with Crippen molar-refractivity contribution >= 4 is 0 Å². The second kappa shape index (κ2) is 7.49. The van der Waals surface area contributed by atoms with Gasteiger partial charge >= 0.3 is 0 Å².